The van der Waals surface area contributed by atoms with Crippen molar-refractivity contribution in [3.05, 3.63) is 35.9 Å². The molecule has 0 N–H and O–H groups in total. The van der Waals surface area contributed by atoms with Crippen molar-refractivity contribution in [1.29, 1.82) is 0 Å². The van der Waals surface area contributed by atoms with Crippen LogP contribution in [0.4, 0.5) is 0 Å². The molecule has 0 atom stereocenters. The highest BCUT2D eigenvalue weighted by Crippen LogP contribution is 2.17. The summed E-state index contributed by atoms with van der Waals surface area (Å²) in [6.45, 7) is 8.56. The maximum absolute atomic E-state index is 5.53. The molecule has 0 amide bonds. The van der Waals surface area contributed by atoms with Gasteiger partial charge in [-0.2, -0.15) is 0 Å². The van der Waals surface area contributed by atoms with Crippen molar-refractivity contribution in [3.63, 3.8) is 0 Å². The van der Waals surface area contributed by atoms with Gasteiger partial charge < -0.3 is 21.9 Å². The van der Waals surface area contributed by atoms with Gasteiger partial charge in [0.25, 0.3) is 0 Å². The molecule has 0 fully saturated rings. The highest BCUT2D eigenvalue weighted by atomic mass is 35.5. The van der Waals surface area contributed by atoms with Crippen LogP contribution in [0.25, 0.3) is 0 Å². The highest BCUT2D eigenvalue weighted by Gasteiger charge is 2.29. The van der Waals surface area contributed by atoms with Crippen molar-refractivity contribution in [2.75, 3.05) is 20.0 Å². The highest BCUT2D eigenvalue weighted by molar-refractivity contribution is 5.13. The van der Waals surface area contributed by atoms with E-state index >= 15 is 0 Å². The summed E-state index contributed by atoms with van der Waals surface area (Å²) in [4.78, 5) is 0. The fraction of sp³-hybridized carbons (Fsp3) is 0.474. The van der Waals surface area contributed by atoms with E-state index in [4.69, 9.17) is 9.47 Å². The molecule has 23 heavy (non-hydrogen) atoms. The van der Waals surface area contributed by atoms with Gasteiger partial charge in [-0.25, -0.2) is 0 Å². The number of hydrogen-bond acceptors (Lipinski definition) is 2. The van der Waals surface area contributed by atoms with Crippen LogP contribution >= 0.6 is 0 Å². The predicted octanol–water partition coefficient (Wildman–Crippen LogP) is 0.717. The molecule has 0 bridgehead atoms. The normalized spacial score (nSPS) is 9.52. The van der Waals surface area contributed by atoms with Crippen LogP contribution in [0.1, 0.15) is 39.2 Å². The van der Waals surface area contributed by atoms with E-state index < -0.39 is 0 Å². The zero-order valence-electron chi connectivity index (χ0n) is 14.3. The Bertz CT molecular complexity index is 513. The number of halogens is 1. The zero-order chi connectivity index (χ0) is 16.1. The molecular weight excluding hydrogens is 310 g/mol. The Labute approximate surface area is 147 Å². The molecule has 4 heteroatoms. The molecule has 1 rings (SSSR count). The zero-order valence-corrected chi connectivity index (χ0v) is 15.0. The molecule has 0 aliphatic carbocycles. The van der Waals surface area contributed by atoms with Crippen LogP contribution in [0.3, 0.4) is 0 Å². The van der Waals surface area contributed by atoms with Gasteiger partial charge in [0, 0.05) is 19.4 Å². The van der Waals surface area contributed by atoms with Crippen molar-refractivity contribution in [2.24, 2.45) is 0 Å². The lowest BCUT2D eigenvalue weighted by molar-refractivity contribution is -0.971. The van der Waals surface area contributed by atoms with Crippen molar-refractivity contribution in [2.45, 2.75) is 40.2 Å². The first-order valence-corrected chi connectivity index (χ1v) is 7.72. The van der Waals surface area contributed by atoms with Crippen molar-refractivity contribution in [3.8, 4) is 24.1 Å². The van der Waals surface area contributed by atoms with Gasteiger partial charge in [-0.1, -0.05) is 55.5 Å². The SMILES string of the molecule is CC#COC[N+](CCCC)(COC#CC)Cc1ccccc1.[Cl-]. The van der Waals surface area contributed by atoms with Gasteiger partial charge in [-0.3, -0.25) is 4.48 Å². The molecule has 3 nitrogen and oxygen atoms in total. The summed E-state index contributed by atoms with van der Waals surface area (Å²) >= 11 is 0. The van der Waals surface area contributed by atoms with Crippen molar-refractivity contribution in [1.82, 2.24) is 0 Å². The van der Waals surface area contributed by atoms with E-state index in [0.29, 0.717) is 17.9 Å². The summed E-state index contributed by atoms with van der Waals surface area (Å²) in [5.41, 5.74) is 1.26. The molecular formula is C19H26ClNO2. The fourth-order valence-corrected chi connectivity index (χ4v) is 2.28. The van der Waals surface area contributed by atoms with Gasteiger partial charge in [-0.05, 0) is 6.42 Å². The van der Waals surface area contributed by atoms with Crippen LogP contribution in [0.2, 0.25) is 0 Å². The molecule has 1 aromatic rings. The van der Waals surface area contributed by atoms with Crippen LogP contribution in [0.5, 0.6) is 0 Å². The van der Waals surface area contributed by atoms with E-state index in [1.54, 1.807) is 13.8 Å². The van der Waals surface area contributed by atoms with Crippen LogP contribution in [-0.2, 0) is 16.0 Å². The lowest BCUT2D eigenvalue weighted by Gasteiger charge is -2.35. The first-order chi connectivity index (χ1) is 10.8. The average Bonchev–Trinajstić information content (AvgIpc) is 2.54. The maximum Gasteiger partial charge on any atom is 0.237 e. The number of rotatable bonds is 9. The van der Waals surface area contributed by atoms with Gasteiger partial charge in [0.1, 0.15) is 18.8 Å². The van der Waals surface area contributed by atoms with Gasteiger partial charge >= 0.3 is 0 Å². The first-order valence-electron chi connectivity index (χ1n) is 7.72. The van der Waals surface area contributed by atoms with Gasteiger partial charge in [0.2, 0.25) is 13.5 Å². The Kier molecular flexibility index (Phi) is 11.7. The minimum absolute atomic E-state index is 0. The van der Waals surface area contributed by atoms with E-state index in [1.165, 1.54) is 5.56 Å². The summed E-state index contributed by atoms with van der Waals surface area (Å²) in [7, 11) is 0. The molecule has 0 unspecified atom stereocenters. The summed E-state index contributed by atoms with van der Waals surface area (Å²) in [5, 5.41) is 0. The number of benzene rings is 1. The molecule has 0 aliphatic rings. The summed E-state index contributed by atoms with van der Waals surface area (Å²) < 4.78 is 11.7. The van der Waals surface area contributed by atoms with Gasteiger partial charge in [0.05, 0.1) is 6.54 Å². The Balaban J connectivity index is 0.00000484. The topological polar surface area (TPSA) is 18.5 Å². The minimum atomic E-state index is 0. The predicted molar refractivity (Wildman–Crippen MR) is 89.0 cm³/mol. The van der Waals surface area contributed by atoms with Gasteiger partial charge in [0.15, 0.2) is 0 Å². The standard InChI is InChI=1S/C19H26NO2.ClH/c1-4-7-13-20(17-21-14-5-2,18-22-15-6-3)16-19-11-9-8-10-12-19;/h8-12H,4,7,13,16-18H2,1-3H3;1H/q+1;/p-1. The number of quaternary nitrogens is 1. The first kappa shape index (κ1) is 21.2. The molecule has 0 aliphatic heterocycles. The number of ether oxygens (including phenoxy) is 2. The van der Waals surface area contributed by atoms with Crippen LogP contribution in [0, 0.1) is 24.1 Å². The largest absolute Gasteiger partial charge is 1.00 e. The van der Waals surface area contributed by atoms with Crippen molar-refractivity contribution >= 4 is 0 Å². The Morgan fingerprint density at radius 2 is 1.52 bits per heavy atom. The van der Waals surface area contributed by atoms with Crippen LogP contribution in [-0.4, -0.2) is 24.5 Å². The van der Waals surface area contributed by atoms with Gasteiger partial charge in [-0.15, -0.1) is 0 Å². The van der Waals surface area contributed by atoms with Crippen LogP contribution in [0.15, 0.2) is 30.3 Å². The van der Waals surface area contributed by atoms with E-state index in [9.17, 15) is 0 Å². The second kappa shape index (κ2) is 12.7. The third-order valence-electron chi connectivity index (χ3n) is 3.37. The molecule has 1 aromatic carbocycles. The second-order valence-electron chi connectivity index (χ2n) is 5.31. The maximum atomic E-state index is 5.53. The number of nitrogens with zero attached hydrogens (tertiary/aromatic N) is 1. The second-order valence-corrected chi connectivity index (χ2v) is 5.31. The van der Waals surface area contributed by atoms with Crippen LogP contribution < -0.4 is 12.4 Å². The average molecular weight is 336 g/mol. The smallest absolute Gasteiger partial charge is 0.237 e. The number of unbranched alkanes of at least 4 members (excludes halogenated alkanes) is 1. The molecule has 126 valence electrons. The lowest BCUT2D eigenvalue weighted by atomic mass is 10.2. The monoisotopic (exact) mass is 335 g/mol. The fourth-order valence-electron chi connectivity index (χ4n) is 2.28. The summed E-state index contributed by atoms with van der Waals surface area (Å²) in [5.74, 6) is 5.55. The van der Waals surface area contributed by atoms with Crippen molar-refractivity contribution < 1.29 is 26.4 Å². The Hall–Kier alpha value is -1.81. The third-order valence-corrected chi connectivity index (χ3v) is 3.37. The Morgan fingerprint density at radius 3 is 2.00 bits per heavy atom. The minimum Gasteiger partial charge on any atom is -1.00 e. The Morgan fingerprint density at radius 1 is 0.957 bits per heavy atom. The molecule has 0 saturated heterocycles. The van der Waals surface area contributed by atoms with E-state index in [2.05, 4.69) is 55.2 Å². The number of hydrogen-bond donors (Lipinski definition) is 0. The quantitative estimate of drug-likeness (QED) is 0.376. The van der Waals surface area contributed by atoms with E-state index in [-0.39, 0.29) is 12.4 Å². The molecule has 0 saturated carbocycles. The van der Waals surface area contributed by atoms with E-state index in [1.807, 2.05) is 6.07 Å². The molecule has 0 spiro atoms. The summed E-state index contributed by atoms with van der Waals surface area (Å²) in [6, 6.07) is 10.4. The van der Waals surface area contributed by atoms with E-state index in [0.717, 1.165) is 25.9 Å². The summed E-state index contributed by atoms with van der Waals surface area (Å²) in [6.07, 6.45) is 7.64. The molecule has 0 heterocycles. The molecule has 0 aromatic heterocycles. The molecule has 0 radical (unpaired) electrons. The third kappa shape index (κ3) is 8.41. The lowest BCUT2D eigenvalue weighted by Crippen LogP contribution is -3.00.